The van der Waals surface area contributed by atoms with Gasteiger partial charge in [-0.15, -0.1) is 0 Å². The zero-order valence-electron chi connectivity index (χ0n) is 9.77. The van der Waals surface area contributed by atoms with Crippen LogP contribution in [0.5, 0.6) is 0 Å². The summed E-state index contributed by atoms with van der Waals surface area (Å²) in [6.07, 6.45) is 2.10. The molecule has 1 aromatic heterocycles. The van der Waals surface area contributed by atoms with Crippen LogP contribution in [-0.2, 0) is 13.1 Å². The first-order valence-corrected chi connectivity index (χ1v) is 5.61. The van der Waals surface area contributed by atoms with Crippen LogP contribution in [0, 0.1) is 6.92 Å². The summed E-state index contributed by atoms with van der Waals surface area (Å²) in [5, 5.41) is 7.80. The van der Waals surface area contributed by atoms with Gasteiger partial charge in [-0.1, -0.05) is 18.2 Å². The van der Waals surface area contributed by atoms with Gasteiger partial charge in [0.1, 0.15) is 0 Å². The Bertz CT molecular complexity index is 445. The van der Waals surface area contributed by atoms with Crippen molar-refractivity contribution in [3.63, 3.8) is 0 Å². The summed E-state index contributed by atoms with van der Waals surface area (Å²) < 4.78 is 1.97. The number of anilines is 1. The van der Waals surface area contributed by atoms with E-state index in [2.05, 4.69) is 35.7 Å². The molecule has 0 radical (unpaired) electrons. The van der Waals surface area contributed by atoms with E-state index < -0.39 is 0 Å². The van der Waals surface area contributed by atoms with Crippen molar-refractivity contribution >= 4 is 5.69 Å². The predicted molar refractivity (Wildman–Crippen MR) is 66.4 cm³/mol. The average Bonchev–Trinajstić information content (AvgIpc) is 2.69. The summed E-state index contributed by atoms with van der Waals surface area (Å²) in [6.45, 7) is 5.90. The third-order valence-corrected chi connectivity index (χ3v) is 2.63. The molecule has 0 saturated heterocycles. The van der Waals surface area contributed by atoms with E-state index in [9.17, 15) is 0 Å². The molecular weight excluding hydrogens is 198 g/mol. The number of rotatable bonds is 4. The molecule has 0 bridgehead atoms. The van der Waals surface area contributed by atoms with Gasteiger partial charge in [-0.05, 0) is 26.0 Å². The molecule has 2 rings (SSSR count). The van der Waals surface area contributed by atoms with E-state index in [0.717, 1.165) is 24.5 Å². The molecule has 0 amide bonds. The monoisotopic (exact) mass is 215 g/mol. The topological polar surface area (TPSA) is 29.9 Å². The van der Waals surface area contributed by atoms with E-state index in [1.54, 1.807) is 0 Å². The third kappa shape index (κ3) is 2.42. The molecule has 1 heterocycles. The number of hydrogen-bond donors (Lipinski definition) is 1. The molecule has 3 heteroatoms. The molecular formula is C13H17N3. The van der Waals surface area contributed by atoms with Gasteiger partial charge in [0.2, 0.25) is 0 Å². The van der Waals surface area contributed by atoms with Crippen molar-refractivity contribution in [1.82, 2.24) is 9.78 Å². The highest BCUT2D eigenvalue weighted by molar-refractivity contribution is 5.43. The van der Waals surface area contributed by atoms with Crippen molar-refractivity contribution in [3.05, 3.63) is 47.8 Å². The van der Waals surface area contributed by atoms with E-state index in [4.69, 9.17) is 0 Å². The van der Waals surface area contributed by atoms with Gasteiger partial charge in [0, 0.05) is 30.5 Å². The van der Waals surface area contributed by atoms with Crippen LogP contribution in [0.25, 0.3) is 0 Å². The molecule has 0 fully saturated rings. The lowest BCUT2D eigenvalue weighted by Crippen LogP contribution is -1.99. The highest BCUT2D eigenvalue weighted by Crippen LogP contribution is 2.10. The standard InChI is InChI=1S/C13H17N3/c1-3-16-10-12(11(2)15-16)9-14-13-7-5-4-6-8-13/h4-8,10,14H,3,9H2,1-2H3. The van der Waals surface area contributed by atoms with Crippen molar-refractivity contribution in [2.24, 2.45) is 0 Å². The van der Waals surface area contributed by atoms with Crippen LogP contribution >= 0.6 is 0 Å². The fourth-order valence-electron chi connectivity index (χ4n) is 1.65. The van der Waals surface area contributed by atoms with Crippen molar-refractivity contribution in [2.45, 2.75) is 26.9 Å². The zero-order valence-corrected chi connectivity index (χ0v) is 9.77. The molecule has 3 nitrogen and oxygen atoms in total. The summed E-state index contributed by atoms with van der Waals surface area (Å²) in [5.41, 5.74) is 3.50. The highest BCUT2D eigenvalue weighted by Gasteiger charge is 2.03. The Hall–Kier alpha value is -1.77. The molecule has 0 aliphatic heterocycles. The smallest absolute Gasteiger partial charge is 0.0643 e. The third-order valence-electron chi connectivity index (χ3n) is 2.63. The SMILES string of the molecule is CCn1cc(CNc2ccccc2)c(C)n1. The average molecular weight is 215 g/mol. The molecule has 2 aromatic rings. The Labute approximate surface area is 96.1 Å². The fraction of sp³-hybridized carbons (Fsp3) is 0.308. The van der Waals surface area contributed by atoms with Crippen molar-refractivity contribution < 1.29 is 0 Å². The summed E-state index contributed by atoms with van der Waals surface area (Å²) in [5.74, 6) is 0. The van der Waals surface area contributed by atoms with Gasteiger partial charge in [0.25, 0.3) is 0 Å². The maximum absolute atomic E-state index is 4.42. The van der Waals surface area contributed by atoms with E-state index in [1.165, 1.54) is 5.56 Å². The first-order chi connectivity index (χ1) is 7.79. The Morgan fingerprint density at radius 1 is 1.25 bits per heavy atom. The minimum atomic E-state index is 0.829. The molecule has 0 unspecified atom stereocenters. The molecule has 0 saturated carbocycles. The number of nitrogens with one attached hydrogen (secondary N) is 1. The van der Waals surface area contributed by atoms with Crippen LogP contribution in [-0.4, -0.2) is 9.78 Å². The van der Waals surface area contributed by atoms with Crippen LogP contribution in [0.2, 0.25) is 0 Å². The minimum Gasteiger partial charge on any atom is -0.381 e. The van der Waals surface area contributed by atoms with Gasteiger partial charge in [-0.3, -0.25) is 4.68 Å². The van der Waals surface area contributed by atoms with Gasteiger partial charge >= 0.3 is 0 Å². The van der Waals surface area contributed by atoms with Crippen molar-refractivity contribution in [2.75, 3.05) is 5.32 Å². The first-order valence-electron chi connectivity index (χ1n) is 5.61. The van der Waals surface area contributed by atoms with Gasteiger partial charge in [-0.2, -0.15) is 5.10 Å². The maximum atomic E-state index is 4.42. The fourth-order valence-corrected chi connectivity index (χ4v) is 1.65. The lowest BCUT2D eigenvalue weighted by Gasteiger charge is -2.04. The van der Waals surface area contributed by atoms with Gasteiger partial charge in [-0.25, -0.2) is 0 Å². The first kappa shape index (κ1) is 10.7. The second-order valence-corrected chi connectivity index (χ2v) is 3.82. The maximum Gasteiger partial charge on any atom is 0.0643 e. The highest BCUT2D eigenvalue weighted by atomic mass is 15.3. The molecule has 16 heavy (non-hydrogen) atoms. The van der Waals surface area contributed by atoms with E-state index in [1.807, 2.05) is 29.8 Å². The van der Waals surface area contributed by atoms with Crippen LogP contribution in [0.3, 0.4) is 0 Å². The molecule has 0 aliphatic rings. The predicted octanol–water partition coefficient (Wildman–Crippen LogP) is 2.82. The van der Waals surface area contributed by atoms with Crippen LogP contribution in [0.1, 0.15) is 18.2 Å². The van der Waals surface area contributed by atoms with E-state index in [-0.39, 0.29) is 0 Å². The quantitative estimate of drug-likeness (QED) is 0.850. The Morgan fingerprint density at radius 3 is 2.62 bits per heavy atom. The van der Waals surface area contributed by atoms with Gasteiger partial charge in [0.15, 0.2) is 0 Å². The Morgan fingerprint density at radius 2 is 2.00 bits per heavy atom. The number of para-hydroxylation sites is 1. The largest absolute Gasteiger partial charge is 0.381 e. The summed E-state index contributed by atoms with van der Waals surface area (Å²) >= 11 is 0. The van der Waals surface area contributed by atoms with Crippen molar-refractivity contribution in [3.8, 4) is 0 Å². The zero-order chi connectivity index (χ0) is 11.4. The number of hydrogen-bond acceptors (Lipinski definition) is 2. The summed E-state index contributed by atoms with van der Waals surface area (Å²) in [7, 11) is 0. The molecule has 0 atom stereocenters. The van der Waals surface area contributed by atoms with Crippen LogP contribution in [0.15, 0.2) is 36.5 Å². The molecule has 1 N–H and O–H groups in total. The lowest BCUT2D eigenvalue weighted by molar-refractivity contribution is 0.653. The Kier molecular flexibility index (Phi) is 3.25. The molecule has 84 valence electrons. The normalized spacial score (nSPS) is 10.4. The molecule has 0 aliphatic carbocycles. The number of benzene rings is 1. The van der Waals surface area contributed by atoms with Gasteiger partial charge < -0.3 is 5.32 Å². The summed E-state index contributed by atoms with van der Waals surface area (Å²) in [4.78, 5) is 0. The lowest BCUT2D eigenvalue weighted by atomic mass is 10.2. The second kappa shape index (κ2) is 4.84. The molecule has 0 spiro atoms. The van der Waals surface area contributed by atoms with Crippen LogP contribution in [0.4, 0.5) is 5.69 Å². The molecule has 1 aromatic carbocycles. The van der Waals surface area contributed by atoms with Crippen LogP contribution < -0.4 is 5.32 Å². The number of aromatic nitrogens is 2. The number of nitrogens with zero attached hydrogens (tertiary/aromatic N) is 2. The minimum absolute atomic E-state index is 0.829. The van der Waals surface area contributed by atoms with E-state index in [0.29, 0.717) is 0 Å². The Balaban J connectivity index is 2.02. The second-order valence-electron chi connectivity index (χ2n) is 3.82. The van der Waals surface area contributed by atoms with Gasteiger partial charge in [0.05, 0.1) is 5.69 Å². The van der Waals surface area contributed by atoms with E-state index >= 15 is 0 Å². The number of aryl methyl sites for hydroxylation is 2. The van der Waals surface area contributed by atoms with Crippen molar-refractivity contribution in [1.29, 1.82) is 0 Å². The summed E-state index contributed by atoms with van der Waals surface area (Å²) in [6, 6.07) is 10.2.